The van der Waals surface area contributed by atoms with Crippen LogP contribution in [0.2, 0.25) is 0 Å². The van der Waals surface area contributed by atoms with Crippen LogP contribution < -0.4 is 5.32 Å². The van der Waals surface area contributed by atoms with E-state index < -0.39 is 27.4 Å². The number of hydrogen-bond acceptors (Lipinski definition) is 6. The van der Waals surface area contributed by atoms with E-state index in [1.165, 1.54) is 0 Å². The zero-order chi connectivity index (χ0) is 24.0. The standard InChI is InChI=1S/C25H34N2O5S/c1-5-32-23(31)18-17-22(30)27(13-6-7-14-28)20(25(17)12-11-24(18,4)33-25)21(29)26-19-15(2)9-8-10-16(19)3/h8-10,17-18,20,28H,5-7,11-14H2,1-4H3,(H,26,29)/t17-,18-,20?,24+,25?/m0/s1. The van der Waals surface area contributed by atoms with E-state index in [0.717, 1.165) is 23.2 Å². The Morgan fingerprint density at radius 2 is 1.94 bits per heavy atom. The van der Waals surface area contributed by atoms with Gasteiger partial charge in [0.1, 0.15) is 6.04 Å². The van der Waals surface area contributed by atoms with Gasteiger partial charge in [0, 0.05) is 23.6 Å². The molecule has 3 heterocycles. The molecule has 0 aliphatic carbocycles. The third-order valence-electron chi connectivity index (χ3n) is 7.60. The highest BCUT2D eigenvalue weighted by atomic mass is 32.2. The van der Waals surface area contributed by atoms with Crippen LogP contribution in [0.1, 0.15) is 50.7 Å². The number of aliphatic hydroxyl groups excluding tert-OH is 1. The number of nitrogens with zero attached hydrogens (tertiary/aromatic N) is 1. The van der Waals surface area contributed by atoms with Gasteiger partial charge in [-0.15, -0.1) is 11.8 Å². The number of fused-ring (bicyclic) bond motifs is 1. The molecule has 2 amide bonds. The lowest BCUT2D eigenvalue weighted by molar-refractivity contribution is -0.155. The molecule has 0 saturated carbocycles. The van der Waals surface area contributed by atoms with Crippen LogP contribution in [0, 0.1) is 25.7 Å². The van der Waals surface area contributed by atoms with Crippen molar-refractivity contribution in [3.05, 3.63) is 29.3 Å². The number of ether oxygens (including phenoxy) is 1. The van der Waals surface area contributed by atoms with Gasteiger partial charge in [-0.2, -0.15) is 0 Å². The van der Waals surface area contributed by atoms with Gasteiger partial charge in [0.05, 0.1) is 23.2 Å². The van der Waals surface area contributed by atoms with Crippen LogP contribution in [0.4, 0.5) is 5.69 Å². The van der Waals surface area contributed by atoms with Crippen molar-refractivity contribution in [2.45, 2.75) is 68.9 Å². The number of likely N-dealkylation sites (tertiary alicyclic amines) is 1. The quantitative estimate of drug-likeness (QED) is 0.444. The van der Waals surface area contributed by atoms with Gasteiger partial charge < -0.3 is 20.1 Å². The number of benzene rings is 1. The first-order valence-electron chi connectivity index (χ1n) is 11.9. The van der Waals surface area contributed by atoms with Gasteiger partial charge in [-0.25, -0.2) is 0 Å². The molecule has 0 radical (unpaired) electrons. The molecular weight excluding hydrogens is 440 g/mol. The fourth-order valence-corrected chi connectivity index (χ4v) is 8.50. The summed E-state index contributed by atoms with van der Waals surface area (Å²) in [4.78, 5) is 42.3. The Bertz CT molecular complexity index is 948. The number of para-hydroxylation sites is 1. The van der Waals surface area contributed by atoms with E-state index in [0.29, 0.717) is 25.8 Å². The number of anilines is 1. The maximum absolute atomic E-state index is 13.9. The molecule has 3 aliphatic heterocycles. The lowest BCUT2D eigenvalue weighted by Gasteiger charge is -2.34. The summed E-state index contributed by atoms with van der Waals surface area (Å²) in [5.74, 6) is -1.79. The second kappa shape index (κ2) is 8.95. The monoisotopic (exact) mass is 474 g/mol. The highest BCUT2D eigenvalue weighted by Crippen LogP contribution is 2.71. The van der Waals surface area contributed by atoms with Crippen molar-refractivity contribution < 1.29 is 24.2 Å². The minimum absolute atomic E-state index is 0.0359. The SMILES string of the molecule is CCOC(=O)[C@@H]1[C@H]2C(=O)N(CCCCO)C(C(=O)Nc3c(C)cccc3C)C23CC[C@@]1(C)S3. The number of rotatable bonds is 8. The molecule has 2 bridgehead atoms. The average molecular weight is 475 g/mol. The van der Waals surface area contributed by atoms with Crippen molar-refractivity contribution in [1.82, 2.24) is 4.90 Å². The number of nitrogens with one attached hydrogen (secondary N) is 1. The smallest absolute Gasteiger partial charge is 0.311 e. The maximum atomic E-state index is 13.9. The van der Waals surface area contributed by atoms with E-state index in [1.54, 1.807) is 23.6 Å². The molecule has 3 aliphatic rings. The first-order valence-corrected chi connectivity index (χ1v) is 12.7. The Kier molecular flexibility index (Phi) is 6.53. The molecular formula is C25H34N2O5S. The fraction of sp³-hybridized carbons (Fsp3) is 0.640. The fourth-order valence-electron chi connectivity index (χ4n) is 6.15. The van der Waals surface area contributed by atoms with E-state index in [4.69, 9.17) is 4.74 Å². The number of carbonyl (C=O) groups excluding carboxylic acids is 3. The average Bonchev–Trinajstić information content (AvgIpc) is 3.32. The normalized spacial score (nSPS) is 32.2. The van der Waals surface area contributed by atoms with E-state index in [1.807, 2.05) is 39.0 Å². The van der Waals surface area contributed by atoms with Crippen molar-refractivity contribution in [2.24, 2.45) is 11.8 Å². The topological polar surface area (TPSA) is 95.9 Å². The number of thioether (sulfide) groups is 1. The largest absolute Gasteiger partial charge is 0.466 e. The van der Waals surface area contributed by atoms with Gasteiger partial charge in [-0.1, -0.05) is 18.2 Å². The number of esters is 1. The summed E-state index contributed by atoms with van der Waals surface area (Å²) < 4.78 is 4.33. The molecule has 1 aromatic carbocycles. The summed E-state index contributed by atoms with van der Waals surface area (Å²) in [7, 11) is 0. The molecule has 3 fully saturated rings. The Morgan fingerprint density at radius 1 is 1.24 bits per heavy atom. The Balaban J connectivity index is 1.73. The molecule has 180 valence electrons. The van der Waals surface area contributed by atoms with E-state index >= 15 is 0 Å². The number of aryl methyl sites for hydroxylation is 2. The number of unbranched alkanes of at least 4 members (excludes halogenated alkanes) is 1. The van der Waals surface area contributed by atoms with Gasteiger partial charge in [-0.05, 0) is 64.5 Å². The minimum Gasteiger partial charge on any atom is -0.466 e. The summed E-state index contributed by atoms with van der Waals surface area (Å²) >= 11 is 1.64. The summed E-state index contributed by atoms with van der Waals surface area (Å²) in [5.41, 5.74) is 2.71. The summed E-state index contributed by atoms with van der Waals surface area (Å²) in [6.07, 6.45) is 2.63. The van der Waals surface area contributed by atoms with Crippen LogP contribution in [0.5, 0.6) is 0 Å². The molecule has 5 atom stereocenters. The van der Waals surface area contributed by atoms with Crippen molar-refractivity contribution in [3.8, 4) is 0 Å². The van der Waals surface area contributed by atoms with Crippen molar-refractivity contribution in [1.29, 1.82) is 0 Å². The molecule has 3 saturated heterocycles. The van der Waals surface area contributed by atoms with Crippen LogP contribution in [-0.2, 0) is 19.1 Å². The lowest BCUT2D eigenvalue weighted by Crippen LogP contribution is -2.51. The third kappa shape index (κ3) is 3.75. The molecule has 2 unspecified atom stereocenters. The third-order valence-corrected chi connectivity index (χ3v) is 9.59. The first-order chi connectivity index (χ1) is 15.7. The number of hydrogen-bond donors (Lipinski definition) is 2. The van der Waals surface area contributed by atoms with Gasteiger partial charge in [0.2, 0.25) is 11.8 Å². The van der Waals surface area contributed by atoms with E-state index in [-0.39, 0.29) is 31.0 Å². The Morgan fingerprint density at radius 3 is 2.58 bits per heavy atom. The summed E-state index contributed by atoms with van der Waals surface area (Å²) in [5, 5.41) is 12.4. The second-order valence-electron chi connectivity index (χ2n) is 9.70. The van der Waals surface area contributed by atoms with Gasteiger partial charge in [-0.3, -0.25) is 14.4 Å². The predicted octanol–water partition coefficient (Wildman–Crippen LogP) is 3.06. The number of amides is 2. The van der Waals surface area contributed by atoms with Crippen LogP contribution in [0.3, 0.4) is 0 Å². The Hall–Kier alpha value is -2.06. The van der Waals surface area contributed by atoms with Crippen LogP contribution in [0.15, 0.2) is 18.2 Å². The van der Waals surface area contributed by atoms with E-state index in [2.05, 4.69) is 5.32 Å². The molecule has 0 aromatic heterocycles. The van der Waals surface area contributed by atoms with Gasteiger partial charge >= 0.3 is 5.97 Å². The highest BCUT2D eigenvalue weighted by Gasteiger charge is 2.77. The second-order valence-corrected chi connectivity index (χ2v) is 11.6. The summed E-state index contributed by atoms with van der Waals surface area (Å²) in [6.45, 7) is 8.40. The molecule has 8 heteroatoms. The maximum Gasteiger partial charge on any atom is 0.311 e. The van der Waals surface area contributed by atoms with Crippen LogP contribution in [0.25, 0.3) is 0 Å². The molecule has 1 aromatic rings. The van der Waals surface area contributed by atoms with Crippen molar-refractivity contribution in [2.75, 3.05) is 25.1 Å². The van der Waals surface area contributed by atoms with Crippen molar-refractivity contribution in [3.63, 3.8) is 0 Å². The Labute approximate surface area is 199 Å². The van der Waals surface area contributed by atoms with E-state index in [9.17, 15) is 19.5 Å². The zero-order valence-corrected chi connectivity index (χ0v) is 20.7. The predicted molar refractivity (Wildman–Crippen MR) is 128 cm³/mol. The first kappa shape index (κ1) is 24.1. The highest BCUT2D eigenvalue weighted by molar-refractivity contribution is 8.02. The summed E-state index contributed by atoms with van der Waals surface area (Å²) in [6, 6.07) is 5.19. The van der Waals surface area contributed by atoms with Crippen molar-refractivity contribution >= 4 is 35.2 Å². The van der Waals surface area contributed by atoms with Crippen LogP contribution in [-0.4, -0.2) is 63.1 Å². The van der Waals surface area contributed by atoms with Crippen LogP contribution >= 0.6 is 11.8 Å². The van der Waals surface area contributed by atoms with Gasteiger partial charge in [0.15, 0.2) is 0 Å². The zero-order valence-electron chi connectivity index (χ0n) is 19.8. The molecule has 4 rings (SSSR count). The molecule has 33 heavy (non-hydrogen) atoms. The van der Waals surface area contributed by atoms with Gasteiger partial charge in [0.25, 0.3) is 0 Å². The molecule has 1 spiro atoms. The minimum atomic E-state index is -0.668. The lowest BCUT2D eigenvalue weighted by atomic mass is 9.66. The number of carbonyl (C=O) groups is 3. The molecule has 2 N–H and O–H groups in total. The molecule has 7 nitrogen and oxygen atoms in total. The number of aliphatic hydroxyl groups is 1.